The zero-order valence-corrected chi connectivity index (χ0v) is 19.6. The van der Waals surface area contributed by atoms with Gasteiger partial charge in [-0.2, -0.15) is 13.2 Å². The van der Waals surface area contributed by atoms with Gasteiger partial charge in [-0.25, -0.2) is 0 Å². The summed E-state index contributed by atoms with van der Waals surface area (Å²) in [6.07, 6.45) is 8.14. The summed E-state index contributed by atoms with van der Waals surface area (Å²) in [5.74, 6) is -0.138. The van der Waals surface area contributed by atoms with Crippen LogP contribution in [0.4, 0.5) is 18.9 Å². The molecule has 6 heteroatoms. The predicted molar refractivity (Wildman–Crippen MR) is 129 cm³/mol. The van der Waals surface area contributed by atoms with E-state index in [1.54, 1.807) is 18.2 Å². The number of carbonyl (C=O) groups excluding carboxylic acids is 1. The highest BCUT2D eigenvalue weighted by Crippen LogP contribution is 2.29. The topological polar surface area (TPSA) is 41.1 Å². The van der Waals surface area contributed by atoms with Gasteiger partial charge in [0, 0.05) is 18.8 Å². The van der Waals surface area contributed by atoms with Gasteiger partial charge in [0.25, 0.3) is 5.91 Å². The van der Waals surface area contributed by atoms with E-state index >= 15 is 0 Å². The smallest absolute Gasteiger partial charge is 0.380 e. The number of nitrogens with one attached hydrogen (secondary N) is 2. The fourth-order valence-electron chi connectivity index (χ4n) is 3.75. The molecule has 182 valence electrons. The zero-order chi connectivity index (χ0) is 23.9. The van der Waals surface area contributed by atoms with E-state index in [9.17, 15) is 18.0 Å². The van der Waals surface area contributed by atoms with Crippen LogP contribution in [0.2, 0.25) is 0 Å². The average molecular weight is 463 g/mol. The Hall–Kier alpha value is -2.50. The minimum absolute atomic E-state index is 0.138. The lowest BCUT2D eigenvalue weighted by molar-refractivity contribution is -0.137. The Bertz CT molecular complexity index is 819. The summed E-state index contributed by atoms with van der Waals surface area (Å²) in [6, 6.07) is 12.2. The van der Waals surface area contributed by atoms with Gasteiger partial charge in [0.15, 0.2) is 0 Å². The molecular formula is C27H37F3N2O. The molecule has 0 unspecified atom stereocenters. The van der Waals surface area contributed by atoms with Crippen molar-refractivity contribution in [3.05, 3.63) is 65.2 Å². The van der Waals surface area contributed by atoms with Gasteiger partial charge in [-0.05, 0) is 36.2 Å². The lowest BCUT2D eigenvalue weighted by atomic mass is 10.1. The summed E-state index contributed by atoms with van der Waals surface area (Å²) in [6.45, 7) is 3.21. The van der Waals surface area contributed by atoms with Crippen LogP contribution in [0.5, 0.6) is 0 Å². The van der Waals surface area contributed by atoms with Crippen LogP contribution in [0.3, 0.4) is 0 Å². The van der Waals surface area contributed by atoms with Crippen LogP contribution < -0.4 is 10.6 Å². The van der Waals surface area contributed by atoms with Gasteiger partial charge in [0.1, 0.15) is 0 Å². The molecule has 0 spiro atoms. The molecule has 0 bridgehead atoms. The Morgan fingerprint density at radius 1 is 0.788 bits per heavy atom. The number of hydrogen-bond donors (Lipinski definition) is 2. The molecule has 0 radical (unpaired) electrons. The third-order valence-corrected chi connectivity index (χ3v) is 5.75. The quantitative estimate of drug-likeness (QED) is 0.264. The van der Waals surface area contributed by atoms with E-state index in [-0.39, 0.29) is 5.91 Å². The lowest BCUT2D eigenvalue weighted by Gasteiger charge is -2.13. The molecule has 0 saturated heterocycles. The first-order valence-electron chi connectivity index (χ1n) is 12.2. The fraction of sp³-hybridized carbons (Fsp3) is 0.519. The van der Waals surface area contributed by atoms with Crippen molar-refractivity contribution in [1.29, 1.82) is 0 Å². The lowest BCUT2D eigenvalue weighted by Crippen LogP contribution is -2.25. The maximum absolute atomic E-state index is 12.7. The second-order valence-electron chi connectivity index (χ2n) is 8.53. The number of halogens is 3. The molecule has 3 nitrogen and oxygen atoms in total. The fourth-order valence-corrected chi connectivity index (χ4v) is 3.75. The van der Waals surface area contributed by atoms with Crippen LogP contribution in [0.1, 0.15) is 92.6 Å². The molecule has 0 aliphatic carbocycles. The van der Waals surface area contributed by atoms with Crippen molar-refractivity contribution in [3.8, 4) is 0 Å². The highest BCUT2D eigenvalue weighted by atomic mass is 19.4. The highest BCUT2D eigenvalue weighted by Gasteiger charge is 2.29. The van der Waals surface area contributed by atoms with E-state index in [1.807, 2.05) is 6.07 Å². The minimum atomic E-state index is -4.34. The van der Waals surface area contributed by atoms with Crippen LogP contribution in [0, 0.1) is 0 Å². The number of benzene rings is 2. The second kappa shape index (κ2) is 14.6. The first-order chi connectivity index (χ1) is 15.9. The summed E-state index contributed by atoms with van der Waals surface area (Å²) in [7, 11) is 0. The second-order valence-corrected chi connectivity index (χ2v) is 8.53. The molecule has 0 fully saturated rings. The van der Waals surface area contributed by atoms with Crippen LogP contribution in [-0.2, 0) is 12.7 Å². The van der Waals surface area contributed by atoms with Crippen molar-refractivity contribution in [1.82, 2.24) is 5.32 Å². The molecule has 2 N–H and O–H groups in total. The van der Waals surface area contributed by atoms with Crippen LogP contribution in [-0.4, -0.2) is 12.5 Å². The number of para-hydroxylation sites is 1. The molecule has 2 aromatic rings. The summed E-state index contributed by atoms with van der Waals surface area (Å²) in [4.78, 5) is 12.6. The van der Waals surface area contributed by atoms with Crippen molar-refractivity contribution in [2.24, 2.45) is 0 Å². The van der Waals surface area contributed by atoms with E-state index in [4.69, 9.17) is 0 Å². The molecular weight excluding hydrogens is 425 g/mol. The molecule has 1 amide bonds. The molecule has 0 aliphatic heterocycles. The van der Waals surface area contributed by atoms with Gasteiger partial charge in [-0.1, -0.05) is 89.0 Å². The van der Waals surface area contributed by atoms with Crippen molar-refractivity contribution < 1.29 is 18.0 Å². The maximum atomic E-state index is 12.7. The molecule has 2 rings (SSSR count). The first-order valence-corrected chi connectivity index (χ1v) is 12.2. The SMILES string of the molecule is CCCCCCCCCCCCNC(=O)c1ccccc1NCc1ccc(C(F)(F)F)cc1. The van der Waals surface area contributed by atoms with Gasteiger partial charge < -0.3 is 10.6 Å². The van der Waals surface area contributed by atoms with Gasteiger partial charge in [-0.3, -0.25) is 4.79 Å². The predicted octanol–water partition coefficient (Wildman–Crippen LogP) is 7.97. The number of unbranched alkanes of at least 4 members (excludes halogenated alkanes) is 9. The monoisotopic (exact) mass is 462 g/mol. The summed E-state index contributed by atoms with van der Waals surface area (Å²) in [5, 5.41) is 6.15. The van der Waals surface area contributed by atoms with Crippen molar-refractivity contribution in [2.45, 2.75) is 83.9 Å². The van der Waals surface area contributed by atoms with E-state index in [2.05, 4.69) is 17.6 Å². The number of rotatable bonds is 15. The van der Waals surface area contributed by atoms with Crippen molar-refractivity contribution in [3.63, 3.8) is 0 Å². The standard InChI is InChI=1S/C27H37F3N2O/c1-2-3-4-5-6-7-8-9-10-13-20-31-26(33)24-14-11-12-15-25(24)32-21-22-16-18-23(19-17-22)27(28,29)30/h11-12,14-19,32H,2-10,13,20-21H2,1H3,(H,31,33). The van der Waals surface area contributed by atoms with E-state index in [1.165, 1.54) is 63.5 Å². The minimum Gasteiger partial charge on any atom is -0.380 e. The first kappa shape index (κ1) is 26.7. The summed E-state index contributed by atoms with van der Waals surface area (Å²) >= 11 is 0. The number of anilines is 1. The van der Waals surface area contributed by atoms with Gasteiger partial charge in [-0.15, -0.1) is 0 Å². The molecule has 0 heterocycles. The Labute approximate surface area is 196 Å². The van der Waals surface area contributed by atoms with Crippen molar-refractivity contribution in [2.75, 3.05) is 11.9 Å². The molecule has 0 saturated carbocycles. The normalized spacial score (nSPS) is 11.4. The molecule has 0 aliphatic rings. The van der Waals surface area contributed by atoms with Gasteiger partial charge in [0.05, 0.1) is 11.1 Å². The van der Waals surface area contributed by atoms with Crippen LogP contribution in [0.15, 0.2) is 48.5 Å². The third-order valence-electron chi connectivity index (χ3n) is 5.75. The molecule has 0 atom stereocenters. The molecule has 0 aromatic heterocycles. The van der Waals surface area contributed by atoms with Gasteiger partial charge >= 0.3 is 6.18 Å². The Morgan fingerprint density at radius 3 is 1.97 bits per heavy atom. The van der Waals surface area contributed by atoms with E-state index < -0.39 is 11.7 Å². The Morgan fingerprint density at radius 2 is 1.36 bits per heavy atom. The number of alkyl halides is 3. The number of amides is 1. The maximum Gasteiger partial charge on any atom is 0.416 e. The Kier molecular flexibility index (Phi) is 11.8. The van der Waals surface area contributed by atoms with Crippen LogP contribution >= 0.6 is 0 Å². The molecule has 2 aromatic carbocycles. The Balaban J connectivity index is 1.69. The van der Waals surface area contributed by atoms with E-state index in [0.29, 0.717) is 29.9 Å². The van der Waals surface area contributed by atoms with Crippen LogP contribution in [0.25, 0.3) is 0 Å². The number of carbonyl (C=O) groups is 1. The highest BCUT2D eigenvalue weighted by molar-refractivity contribution is 5.99. The average Bonchev–Trinajstić information content (AvgIpc) is 2.81. The van der Waals surface area contributed by atoms with Gasteiger partial charge in [0.2, 0.25) is 0 Å². The summed E-state index contributed by atoms with van der Waals surface area (Å²) < 4.78 is 38.1. The van der Waals surface area contributed by atoms with Crippen molar-refractivity contribution >= 4 is 11.6 Å². The zero-order valence-electron chi connectivity index (χ0n) is 19.6. The number of hydrogen-bond acceptors (Lipinski definition) is 2. The van der Waals surface area contributed by atoms with E-state index in [0.717, 1.165) is 25.0 Å². The summed E-state index contributed by atoms with van der Waals surface area (Å²) in [5.41, 5.74) is 1.25. The third kappa shape index (κ3) is 10.3. The largest absolute Gasteiger partial charge is 0.416 e. The molecule has 33 heavy (non-hydrogen) atoms.